The van der Waals surface area contributed by atoms with Gasteiger partial charge in [0.1, 0.15) is 23.3 Å². The Labute approximate surface area is 192 Å². The molecule has 1 N–H and O–H groups in total. The Morgan fingerprint density at radius 1 is 1.06 bits per heavy atom. The molecule has 3 rings (SSSR count). The number of carbonyl (C=O) groups is 2. The molecule has 0 saturated heterocycles. The van der Waals surface area contributed by atoms with Crippen LogP contribution < -0.4 is 5.56 Å². The predicted octanol–water partition coefficient (Wildman–Crippen LogP) is 3.24. The summed E-state index contributed by atoms with van der Waals surface area (Å²) < 4.78 is 1.10. The molecule has 1 aromatic rings. The first-order valence-electron chi connectivity index (χ1n) is 11.0. The van der Waals surface area contributed by atoms with Crippen LogP contribution in [-0.4, -0.2) is 32.4 Å². The van der Waals surface area contributed by atoms with E-state index in [1.54, 1.807) is 20.8 Å². The van der Waals surface area contributed by atoms with Gasteiger partial charge in [-0.1, -0.05) is 25.3 Å². The summed E-state index contributed by atoms with van der Waals surface area (Å²) >= 11 is 0. The average molecular weight is 447 g/mol. The number of aromatic nitrogens is 1. The van der Waals surface area contributed by atoms with E-state index < -0.39 is 17.4 Å². The highest BCUT2D eigenvalue weighted by atomic mass is 16.3. The molecule has 0 unspecified atom stereocenters. The van der Waals surface area contributed by atoms with Crippen molar-refractivity contribution in [3.63, 3.8) is 0 Å². The van der Waals surface area contributed by atoms with Gasteiger partial charge in [0, 0.05) is 23.7 Å². The minimum absolute atomic E-state index is 0.0508. The van der Waals surface area contributed by atoms with Gasteiger partial charge < -0.3 is 5.11 Å². The van der Waals surface area contributed by atoms with Gasteiger partial charge in [0.05, 0.1) is 0 Å². The van der Waals surface area contributed by atoms with Crippen molar-refractivity contribution in [3.05, 3.63) is 55.9 Å². The Bertz CT molecular complexity index is 1240. The minimum Gasteiger partial charge on any atom is -0.494 e. The molecule has 2 aliphatic rings. The molecule has 33 heavy (non-hydrogen) atoms. The Balaban J connectivity index is 2.07. The van der Waals surface area contributed by atoms with Gasteiger partial charge in [-0.2, -0.15) is 10.5 Å². The van der Waals surface area contributed by atoms with E-state index in [9.17, 15) is 30.0 Å². The number of pyridine rings is 1. The fraction of sp³-hybridized carbons (Fsp3) is 0.400. The first-order chi connectivity index (χ1) is 15.8. The van der Waals surface area contributed by atoms with Crippen LogP contribution in [0.15, 0.2) is 33.7 Å². The number of nitrogens with zero attached hydrogens (tertiary/aromatic N) is 4. The fourth-order valence-electron chi connectivity index (χ4n) is 4.50. The van der Waals surface area contributed by atoms with Crippen LogP contribution in [0.4, 0.5) is 0 Å². The Hall–Kier alpha value is -3.91. The van der Waals surface area contributed by atoms with E-state index in [1.165, 1.54) is 23.1 Å². The largest absolute Gasteiger partial charge is 0.494 e. The van der Waals surface area contributed by atoms with E-state index in [0.717, 1.165) is 36.7 Å². The molecule has 0 atom stereocenters. The molecular formula is C25H26N4O4. The van der Waals surface area contributed by atoms with Crippen molar-refractivity contribution in [1.82, 2.24) is 9.47 Å². The SMILES string of the molecule is CCn1c(O)c(C=CC=C2C(=O)N(C3CCCCC3)C(=O)C(C#N)=C2C)c(C)c(C#N)c1=O. The van der Waals surface area contributed by atoms with Crippen molar-refractivity contribution in [2.75, 3.05) is 0 Å². The van der Waals surface area contributed by atoms with Gasteiger partial charge >= 0.3 is 0 Å². The van der Waals surface area contributed by atoms with Crippen LogP contribution in [-0.2, 0) is 16.1 Å². The third-order valence-electron chi connectivity index (χ3n) is 6.40. The van der Waals surface area contributed by atoms with Crippen LogP contribution in [0, 0.1) is 29.6 Å². The molecule has 2 heterocycles. The molecule has 0 spiro atoms. The van der Waals surface area contributed by atoms with Crippen molar-refractivity contribution in [3.8, 4) is 18.0 Å². The molecular weight excluding hydrogens is 420 g/mol. The Kier molecular flexibility index (Phi) is 6.98. The highest BCUT2D eigenvalue weighted by Gasteiger charge is 2.39. The van der Waals surface area contributed by atoms with E-state index >= 15 is 0 Å². The standard InChI is InChI=1S/C25H26N4O4/c1-4-28-22(30)18(15(2)20(13-26)23(28)31)11-8-12-19-16(3)21(14-27)25(33)29(24(19)32)17-9-6-5-7-10-17/h8,11-12,17,30H,4-7,9-10H2,1-3H3. The van der Waals surface area contributed by atoms with Crippen LogP contribution in [0.5, 0.6) is 5.88 Å². The highest BCUT2D eigenvalue weighted by molar-refractivity contribution is 6.18. The molecule has 1 saturated carbocycles. The van der Waals surface area contributed by atoms with Gasteiger partial charge in [-0.25, -0.2) is 0 Å². The molecule has 8 nitrogen and oxygen atoms in total. The minimum atomic E-state index is -0.563. The molecule has 0 aromatic carbocycles. The zero-order valence-corrected chi connectivity index (χ0v) is 19.0. The lowest BCUT2D eigenvalue weighted by Crippen LogP contribution is -2.49. The summed E-state index contributed by atoms with van der Waals surface area (Å²) in [4.78, 5) is 39.7. The monoisotopic (exact) mass is 446 g/mol. The first kappa shape index (κ1) is 23.7. The first-order valence-corrected chi connectivity index (χ1v) is 11.0. The summed E-state index contributed by atoms with van der Waals surface area (Å²) in [5.74, 6) is -1.26. The number of allylic oxidation sites excluding steroid dienone is 2. The summed E-state index contributed by atoms with van der Waals surface area (Å²) in [5.41, 5.74) is 0.481. The van der Waals surface area contributed by atoms with Gasteiger partial charge in [0.2, 0.25) is 5.88 Å². The van der Waals surface area contributed by atoms with Gasteiger partial charge in [-0.15, -0.1) is 0 Å². The molecule has 1 fully saturated rings. The summed E-state index contributed by atoms with van der Waals surface area (Å²) in [6.07, 6.45) is 8.90. The van der Waals surface area contributed by atoms with Crippen molar-refractivity contribution in [1.29, 1.82) is 10.5 Å². The second kappa shape index (κ2) is 9.70. The van der Waals surface area contributed by atoms with E-state index in [2.05, 4.69) is 0 Å². The summed E-state index contributed by atoms with van der Waals surface area (Å²) in [5, 5.41) is 29.5. The van der Waals surface area contributed by atoms with Gasteiger partial charge in [0.15, 0.2) is 0 Å². The third kappa shape index (κ3) is 4.12. The van der Waals surface area contributed by atoms with E-state index in [0.29, 0.717) is 11.1 Å². The van der Waals surface area contributed by atoms with Crippen molar-refractivity contribution in [2.45, 2.75) is 65.5 Å². The smallest absolute Gasteiger partial charge is 0.271 e. The van der Waals surface area contributed by atoms with E-state index in [-0.39, 0.29) is 40.7 Å². The zero-order valence-electron chi connectivity index (χ0n) is 19.0. The zero-order chi connectivity index (χ0) is 24.3. The molecule has 1 aromatic heterocycles. The van der Waals surface area contributed by atoms with Gasteiger partial charge in [0.25, 0.3) is 17.4 Å². The number of amides is 2. The number of hydrogen-bond acceptors (Lipinski definition) is 6. The second-order valence-corrected chi connectivity index (χ2v) is 8.22. The maximum absolute atomic E-state index is 13.3. The quantitative estimate of drug-likeness (QED) is 0.559. The number of carbonyl (C=O) groups excluding carboxylic acids is 2. The molecule has 170 valence electrons. The highest BCUT2D eigenvalue weighted by Crippen LogP contribution is 2.32. The number of rotatable bonds is 4. The summed E-state index contributed by atoms with van der Waals surface area (Å²) in [7, 11) is 0. The molecule has 2 amide bonds. The maximum atomic E-state index is 13.3. The van der Waals surface area contributed by atoms with Crippen molar-refractivity contribution >= 4 is 17.9 Å². The molecule has 1 aliphatic heterocycles. The second-order valence-electron chi connectivity index (χ2n) is 8.22. The van der Waals surface area contributed by atoms with Crippen LogP contribution in [0.3, 0.4) is 0 Å². The van der Waals surface area contributed by atoms with Gasteiger partial charge in [-0.05, 0) is 56.9 Å². The lowest BCUT2D eigenvalue weighted by atomic mass is 9.89. The van der Waals surface area contributed by atoms with Crippen molar-refractivity contribution < 1.29 is 14.7 Å². The van der Waals surface area contributed by atoms with Crippen LogP contribution in [0.2, 0.25) is 0 Å². The fourth-order valence-corrected chi connectivity index (χ4v) is 4.50. The molecule has 8 heteroatoms. The predicted molar refractivity (Wildman–Crippen MR) is 122 cm³/mol. The van der Waals surface area contributed by atoms with Gasteiger partial charge in [-0.3, -0.25) is 23.9 Å². The molecule has 0 radical (unpaired) electrons. The average Bonchev–Trinajstić information content (AvgIpc) is 2.79. The lowest BCUT2D eigenvalue weighted by Gasteiger charge is -2.36. The summed E-state index contributed by atoms with van der Waals surface area (Å²) in [6.45, 7) is 5.01. The van der Waals surface area contributed by atoms with Crippen LogP contribution in [0.1, 0.15) is 62.6 Å². The van der Waals surface area contributed by atoms with Crippen molar-refractivity contribution in [2.24, 2.45) is 0 Å². The maximum Gasteiger partial charge on any atom is 0.271 e. The number of aromatic hydroxyl groups is 1. The Morgan fingerprint density at radius 2 is 1.73 bits per heavy atom. The van der Waals surface area contributed by atoms with Crippen LogP contribution in [0.25, 0.3) is 6.08 Å². The van der Waals surface area contributed by atoms with E-state index in [1.807, 2.05) is 12.1 Å². The van der Waals surface area contributed by atoms with E-state index in [4.69, 9.17) is 0 Å². The normalized spacial score (nSPS) is 18.8. The Morgan fingerprint density at radius 3 is 2.30 bits per heavy atom. The summed E-state index contributed by atoms with van der Waals surface area (Å²) in [6, 6.07) is 3.61. The lowest BCUT2D eigenvalue weighted by molar-refractivity contribution is -0.144. The third-order valence-corrected chi connectivity index (χ3v) is 6.40. The molecule has 1 aliphatic carbocycles. The number of imide groups is 1. The van der Waals surface area contributed by atoms with Crippen LogP contribution >= 0.6 is 0 Å². The molecule has 0 bridgehead atoms. The number of nitriles is 2. The number of hydrogen-bond donors (Lipinski definition) is 1. The topological polar surface area (TPSA) is 127 Å².